The van der Waals surface area contributed by atoms with Gasteiger partial charge in [-0.3, -0.25) is 27.9 Å². The summed E-state index contributed by atoms with van der Waals surface area (Å²) in [4.78, 5) is 51.1. The molecular formula is C20H24N6O6. The molecule has 1 aromatic carbocycles. The topological polar surface area (TPSA) is 169 Å². The number of nitrogens with zero attached hydrogens (tertiary/aromatic N) is 4. The molecule has 0 aliphatic heterocycles. The highest BCUT2D eigenvalue weighted by molar-refractivity contribution is 5.58. The maximum absolute atomic E-state index is 13.2. The Labute approximate surface area is 181 Å². The number of phenols is 1. The molecule has 2 aromatic heterocycles. The predicted molar refractivity (Wildman–Crippen MR) is 118 cm³/mol. The zero-order valence-electron chi connectivity index (χ0n) is 18.2. The molecule has 0 fully saturated rings. The number of rotatable bonds is 4. The average Bonchev–Trinajstić information content (AvgIpc) is 2.78. The average molecular weight is 444 g/mol. The fourth-order valence-electron chi connectivity index (χ4n) is 3.67. The van der Waals surface area contributed by atoms with Crippen LogP contribution >= 0.6 is 0 Å². The molecule has 0 saturated heterocycles. The van der Waals surface area contributed by atoms with Crippen LogP contribution in [0.25, 0.3) is 0 Å². The minimum atomic E-state index is -1.18. The highest BCUT2D eigenvalue weighted by atomic mass is 16.5. The van der Waals surface area contributed by atoms with Crippen LogP contribution < -0.4 is 38.7 Å². The molecule has 2 heterocycles. The molecular weight excluding hydrogens is 420 g/mol. The van der Waals surface area contributed by atoms with E-state index < -0.39 is 28.4 Å². The van der Waals surface area contributed by atoms with Crippen LogP contribution in [0.15, 0.2) is 37.4 Å². The van der Waals surface area contributed by atoms with Crippen LogP contribution in [0.5, 0.6) is 11.5 Å². The van der Waals surface area contributed by atoms with Gasteiger partial charge in [-0.2, -0.15) is 0 Å². The Morgan fingerprint density at radius 3 is 1.66 bits per heavy atom. The summed E-state index contributed by atoms with van der Waals surface area (Å²) in [6.07, 6.45) is 0. The van der Waals surface area contributed by atoms with Crippen molar-refractivity contribution >= 4 is 11.6 Å². The molecule has 32 heavy (non-hydrogen) atoms. The molecule has 5 N–H and O–H groups in total. The second kappa shape index (κ2) is 7.80. The minimum absolute atomic E-state index is 0.0768. The quantitative estimate of drug-likeness (QED) is 0.438. The van der Waals surface area contributed by atoms with Crippen LogP contribution in [-0.2, 0) is 28.2 Å². The second-order valence-electron chi connectivity index (χ2n) is 7.37. The van der Waals surface area contributed by atoms with E-state index in [4.69, 9.17) is 16.2 Å². The number of anilines is 2. The first-order valence-electron chi connectivity index (χ1n) is 9.41. The van der Waals surface area contributed by atoms with E-state index in [0.717, 1.165) is 18.3 Å². The summed E-state index contributed by atoms with van der Waals surface area (Å²) in [5.41, 5.74) is 9.73. The van der Waals surface area contributed by atoms with Gasteiger partial charge in [-0.05, 0) is 17.7 Å². The number of hydrogen-bond acceptors (Lipinski definition) is 8. The Morgan fingerprint density at radius 2 is 1.25 bits per heavy atom. The van der Waals surface area contributed by atoms with Crippen molar-refractivity contribution in [2.75, 3.05) is 18.6 Å². The first kappa shape index (κ1) is 22.5. The molecule has 3 rings (SSSR count). The number of aromatic nitrogens is 4. The van der Waals surface area contributed by atoms with Crippen LogP contribution in [0.2, 0.25) is 0 Å². The molecule has 3 aromatic rings. The van der Waals surface area contributed by atoms with Crippen LogP contribution in [0.4, 0.5) is 11.6 Å². The number of hydrogen-bond donors (Lipinski definition) is 3. The molecule has 0 bridgehead atoms. The van der Waals surface area contributed by atoms with Gasteiger partial charge in [-0.25, -0.2) is 9.59 Å². The molecule has 0 radical (unpaired) electrons. The van der Waals surface area contributed by atoms with Crippen LogP contribution in [0.3, 0.4) is 0 Å². The van der Waals surface area contributed by atoms with Crippen LogP contribution in [-0.4, -0.2) is 30.5 Å². The number of phenolic OH excluding ortho intramolecular Hbond substituents is 1. The molecule has 0 aliphatic rings. The minimum Gasteiger partial charge on any atom is -0.504 e. The number of ether oxygens (including phenoxy) is 1. The first-order valence-corrected chi connectivity index (χ1v) is 9.41. The van der Waals surface area contributed by atoms with Crippen molar-refractivity contribution in [1.29, 1.82) is 0 Å². The van der Waals surface area contributed by atoms with Crippen LogP contribution in [0.1, 0.15) is 22.6 Å². The Morgan fingerprint density at radius 1 is 0.812 bits per heavy atom. The number of methoxy groups -OCH3 is 1. The smallest absolute Gasteiger partial charge is 0.332 e. The van der Waals surface area contributed by atoms with Gasteiger partial charge in [0.05, 0.1) is 24.2 Å². The molecule has 12 heteroatoms. The van der Waals surface area contributed by atoms with Gasteiger partial charge in [0.25, 0.3) is 11.1 Å². The van der Waals surface area contributed by atoms with E-state index >= 15 is 0 Å². The third-order valence-electron chi connectivity index (χ3n) is 5.61. The molecule has 0 atom stereocenters. The largest absolute Gasteiger partial charge is 0.504 e. The molecule has 170 valence electrons. The van der Waals surface area contributed by atoms with Gasteiger partial charge in [0.1, 0.15) is 11.6 Å². The monoisotopic (exact) mass is 444 g/mol. The summed E-state index contributed by atoms with van der Waals surface area (Å²) in [7, 11) is 6.68. The lowest BCUT2D eigenvalue weighted by atomic mass is 9.86. The standard InChI is InChI=1S/C20H24N6O6/c1-23-15(21)13(17(28)25(3)19(23)30)12(9-6-7-10(27)11(8-9)32-5)14-16(22)24(2)20(31)26(4)18(14)29/h6-8,12,27H,21-22H2,1-5H3. The SMILES string of the molecule is COc1cc(C(c2c(N)n(C)c(=O)n(C)c2=O)c2c(N)n(C)c(=O)n(C)c2=O)ccc1O. The fourth-order valence-corrected chi connectivity index (χ4v) is 3.67. The van der Waals surface area contributed by atoms with Gasteiger partial charge >= 0.3 is 11.4 Å². The van der Waals surface area contributed by atoms with E-state index in [9.17, 15) is 24.3 Å². The van der Waals surface area contributed by atoms with E-state index in [1.54, 1.807) is 0 Å². The Bertz CT molecular complexity index is 1390. The highest BCUT2D eigenvalue weighted by Gasteiger charge is 2.32. The van der Waals surface area contributed by atoms with Gasteiger partial charge in [0, 0.05) is 28.2 Å². The highest BCUT2D eigenvalue weighted by Crippen LogP contribution is 2.37. The first-order chi connectivity index (χ1) is 14.9. The molecule has 12 nitrogen and oxygen atoms in total. The van der Waals surface area contributed by atoms with E-state index in [2.05, 4.69) is 0 Å². The Balaban J connectivity index is 2.59. The van der Waals surface area contributed by atoms with Gasteiger partial charge in [0.2, 0.25) is 0 Å². The molecule has 0 aliphatic carbocycles. The molecule has 0 amide bonds. The van der Waals surface area contributed by atoms with E-state index in [1.165, 1.54) is 53.5 Å². The van der Waals surface area contributed by atoms with Crippen molar-refractivity contribution in [1.82, 2.24) is 18.3 Å². The van der Waals surface area contributed by atoms with Crippen LogP contribution in [0, 0.1) is 0 Å². The third-order valence-corrected chi connectivity index (χ3v) is 5.61. The Hall–Kier alpha value is -4.22. The van der Waals surface area contributed by atoms with E-state index in [-0.39, 0.29) is 34.3 Å². The number of benzene rings is 1. The summed E-state index contributed by atoms with van der Waals surface area (Å²) < 4.78 is 9.04. The summed E-state index contributed by atoms with van der Waals surface area (Å²) >= 11 is 0. The maximum Gasteiger partial charge on any atom is 0.332 e. The molecule has 0 saturated carbocycles. The van der Waals surface area contributed by atoms with Crippen molar-refractivity contribution in [3.8, 4) is 11.5 Å². The van der Waals surface area contributed by atoms with Crippen molar-refractivity contribution < 1.29 is 9.84 Å². The van der Waals surface area contributed by atoms with Gasteiger partial charge in [0.15, 0.2) is 11.5 Å². The van der Waals surface area contributed by atoms with E-state index in [1.807, 2.05) is 0 Å². The van der Waals surface area contributed by atoms with Crippen molar-refractivity contribution in [3.05, 3.63) is 76.6 Å². The molecule has 0 spiro atoms. The van der Waals surface area contributed by atoms with E-state index in [0.29, 0.717) is 5.56 Å². The van der Waals surface area contributed by atoms with Crippen molar-refractivity contribution in [2.24, 2.45) is 28.2 Å². The summed E-state index contributed by atoms with van der Waals surface area (Å²) in [6.45, 7) is 0. The second-order valence-corrected chi connectivity index (χ2v) is 7.37. The summed E-state index contributed by atoms with van der Waals surface area (Å²) in [5.74, 6) is -1.62. The zero-order chi connectivity index (χ0) is 24.1. The Kier molecular flexibility index (Phi) is 5.47. The lowest BCUT2D eigenvalue weighted by Crippen LogP contribution is -2.44. The molecule has 0 unspecified atom stereocenters. The summed E-state index contributed by atoms with van der Waals surface area (Å²) in [6, 6.07) is 4.22. The zero-order valence-corrected chi connectivity index (χ0v) is 18.2. The van der Waals surface area contributed by atoms with Crippen molar-refractivity contribution in [2.45, 2.75) is 5.92 Å². The number of nitrogen functional groups attached to an aromatic ring is 2. The van der Waals surface area contributed by atoms with Gasteiger partial charge < -0.3 is 21.3 Å². The lowest BCUT2D eigenvalue weighted by molar-refractivity contribution is 0.373. The number of nitrogens with two attached hydrogens (primary N) is 2. The third kappa shape index (κ3) is 3.16. The van der Waals surface area contributed by atoms with Gasteiger partial charge in [-0.1, -0.05) is 6.07 Å². The van der Waals surface area contributed by atoms with Crippen molar-refractivity contribution in [3.63, 3.8) is 0 Å². The predicted octanol–water partition coefficient (Wildman–Crippen LogP) is -1.46. The summed E-state index contributed by atoms with van der Waals surface area (Å²) in [5, 5.41) is 10.0. The maximum atomic E-state index is 13.2. The normalized spacial score (nSPS) is 11.2. The fraction of sp³-hybridized carbons (Fsp3) is 0.300. The lowest BCUT2D eigenvalue weighted by Gasteiger charge is -2.24. The number of aromatic hydroxyl groups is 1. The van der Waals surface area contributed by atoms with Gasteiger partial charge in [-0.15, -0.1) is 0 Å².